The Bertz CT molecular complexity index is 447. The van der Waals surface area contributed by atoms with Crippen LogP contribution in [0.3, 0.4) is 0 Å². The number of nitrogens with zero attached hydrogens (tertiary/aromatic N) is 3. The third-order valence-corrected chi connectivity index (χ3v) is 1.78. The minimum absolute atomic E-state index is 0.228. The molecule has 1 aromatic rings. The maximum Gasteiger partial charge on any atom is 0.338 e. The van der Waals surface area contributed by atoms with Crippen molar-refractivity contribution < 1.29 is 14.3 Å². The van der Waals surface area contributed by atoms with E-state index < -0.39 is 11.9 Å². The lowest BCUT2D eigenvalue weighted by Crippen LogP contribution is -2.05. The van der Waals surface area contributed by atoms with Crippen molar-refractivity contribution in [2.75, 3.05) is 6.61 Å². The van der Waals surface area contributed by atoms with Crippen LogP contribution in [0.15, 0.2) is 29.4 Å². The van der Waals surface area contributed by atoms with Gasteiger partial charge in [-0.15, -0.1) is 0 Å². The van der Waals surface area contributed by atoms with Gasteiger partial charge in [-0.05, 0) is 29.7 Å². The molecule has 0 radical (unpaired) electrons. The molecule has 0 aliphatic rings. The standard InChI is InChI=1S/C10H9N3O3/c1-2-16-10(15)8-5-3-7(4-6-8)9(14)12-13-11/h3-6H,2H2,1H3. The lowest BCUT2D eigenvalue weighted by atomic mass is 10.1. The number of hydrogen-bond donors (Lipinski definition) is 0. The summed E-state index contributed by atoms with van der Waals surface area (Å²) < 4.78 is 4.77. The first-order valence-electron chi connectivity index (χ1n) is 4.55. The normalized spacial score (nSPS) is 9.06. The molecule has 16 heavy (non-hydrogen) atoms. The molecule has 0 bridgehead atoms. The fraction of sp³-hybridized carbons (Fsp3) is 0.200. The minimum atomic E-state index is -0.682. The van der Waals surface area contributed by atoms with E-state index in [1.807, 2.05) is 0 Å². The van der Waals surface area contributed by atoms with Crippen molar-refractivity contribution in [3.05, 3.63) is 45.8 Å². The second-order valence-corrected chi connectivity index (χ2v) is 2.79. The van der Waals surface area contributed by atoms with Gasteiger partial charge in [0, 0.05) is 10.5 Å². The molecule has 0 heterocycles. The summed E-state index contributed by atoms with van der Waals surface area (Å²) in [5, 5.41) is 2.93. The zero-order valence-corrected chi connectivity index (χ0v) is 8.58. The fourth-order valence-electron chi connectivity index (χ4n) is 1.06. The first-order valence-corrected chi connectivity index (χ1v) is 4.55. The second-order valence-electron chi connectivity index (χ2n) is 2.79. The molecule has 0 aliphatic carbocycles. The molecule has 6 heteroatoms. The van der Waals surface area contributed by atoms with Crippen molar-refractivity contribution in [3.8, 4) is 0 Å². The summed E-state index contributed by atoms with van der Waals surface area (Å²) in [6.45, 7) is 2.00. The first-order chi connectivity index (χ1) is 7.69. The molecule has 0 spiro atoms. The molecular weight excluding hydrogens is 210 g/mol. The Morgan fingerprint density at radius 1 is 1.31 bits per heavy atom. The average molecular weight is 219 g/mol. The highest BCUT2D eigenvalue weighted by Crippen LogP contribution is 2.07. The lowest BCUT2D eigenvalue weighted by molar-refractivity contribution is 0.0526. The van der Waals surface area contributed by atoms with Crippen LogP contribution in [0.1, 0.15) is 27.6 Å². The van der Waals surface area contributed by atoms with Crippen molar-refractivity contribution in [3.63, 3.8) is 0 Å². The van der Waals surface area contributed by atoms with Crippen LogP contribution in [0.5, 0.6) is 0 Å². The highest BCUT2D eigenvalue weighted by Gasteiger charge is 2.07. The number of hydrogen-bond acceptors (Lipinski definition) is 3. The molecule has 6 nitrogen and oxygen atoms in total. The number of benzene rings is 1. The van der Waals surface area contributed by atoms with Gasteiger partial charge in [0.1, 0.15) is 0 Å². The van der Waals surface area contributed by atoms with Gasteiger partial charge in [-0.3, -0.25) is 4.79 Å². The Hall–Kier alpha value is -2.33. The van der Waals surface area contributed by atoms with Crippen molar-refractivity contribution in [2.45, 2.75) is 6.92 Å². The molecule has 0 saturated heterocycles. The number of amides is 1. The maximum absolute atomic E-state index is 11.3. The zero-order valence-electron chi connectivity index (χ0n) is 8.58. The van der Waals surface area contributed by atoms with E-state index in [-0.39, 0.29) is 12.2 Å². The Labute approximate surface area is 91.5 Å². The van der Waals surface area contributed by atoms with Crippen LogP contribution in [-0.4, -0.2) is 18.5 Å². The van der Waals surface area contributed by atoms with Crippen LogP contribution in [0.4, 0.5) is 0 Å². The molecular formula is C10H9N3O3. The van der Waals surface area contributed by atoms with Crippen LogP contribution < -0.4 is 0 Å². The quantitative estimate of drug-likeness (QED) is 0.338. The van der Waals surface area contributed by atoms with Crippen LogP contribution in [0.2, 0.25) is 0 Å². The maximum atomic E-state index is 11.3. The van der Waals surface area contributed by atoms with Crippen LogP contribution >= 0.6 is 0 Å². The van der Waals surface area contributed by atoms with E-state index in [2.05, 4.69) is 10.0 Å². The third-order valence-electron chi connectivity index (χ3n) is 1.78. The van der Waals surface area contributed by atoms with Gasteiger partial charge in [0.25, 0.3) is 0 Å². The number of esters is 1. The van der Waals surface area contributed by atoms with Crippen molar-refractivity contribution >= 4 is 11.9 Å². The number of carbonyl (C=O) groups is 2. The summed E-state index contributed by atoms with van der Waals surface area (Å²) in [6.07, 6.45) is 0. The predicted octanol–water partition coefficient (Wildman–Crippen LogP) is 2.31. The Morgan fingerprint density at radius 2 is 1.88 bits per heavy atom. The van der Waals surface area contributed by atoms with Gasteiger partial charge >= 0.3 is 5.97 Å². The zero-order chi connectivity index (χ0) is 12.0. The van der Waals surface area contributed by atoms with Gasteiger partial charge in [0.2, 0.25) is 5.91 Å². The monoisotopic (exact) mass is 219 g/mol. The third kappa shape index (κ3) is 2.83. The van der Waals surface area contributed by atoms with Gasteiger partial charge in [-0.1, -0.05) is 12.1 Å². The van der Waals surface area contributed by atoms with E-state index >= 15 is 0 Å². The van der Waals surface area contributed by atoms with Gasteiger partial charge in [-0.2, -0.15) is 0 Å². The van der Waals surface area contributed by atoms with Crippen molar-refractivity contribution in [1.29, 1.82) is 0 Å². The number of carbonyl (C=O) groups excluding carboxylic acids is 2. The molecule has 1 aromatic carbocycles. The number of rotatable bonds is 3. The Morgan fingerprint density at radius 3 is 2.38 bits per heavy atom. The summed E-state index contributed by atoms with van der Waals surface area (Å²) in [4.78, 5) is 24.8. The van der Waals surface area contributed by atoms with Gasteiger partial charge in [0.05, 0.1) is 12.2 Å². The molecule has 1 amide bonds. The van der Waals surface area contributed by atoms with Gasteiger partial charge in [-0.25, -0.2) is 4.79 Å². The summed E-state index contributed by atoms with van der Waals surface area (Å²) in [5.41, 5.74) is 8.65. The average Bonchev–Trinajstić information content (AvgIpc) is 2.30. The van der Waals surface area contributed by atoms with E-state index in [1.165, 1.54) is 24.3 Å². The molecule has 0 aromatic heterocycles. The summed E-state index contributed by atoms with van der Waals surface area (Å²) in [5.74, 6) is -1.14. The molecule has 0 atom stereocenters. The SMILES string of the molecule is CCOC(=O)c1ccc(C(=O)N=[N+]=[N-])cc1. The molecule has 0 saturated carbocycles. The minimum Gasteiger partial charge on any atom is -0.462 e. The fourth-order valence-corrected chi connectivity index (χ4v) is 1.06. The molecule has 1 rings (SSSR count). The predicted molar refractivity (Wildman–Crippen MR) is 55.9 cm³/mol. The van der Waals surface area contributed by atoms with E-state index in [9.17, 15) is 9.59 Å². The molecule has 0 fully saturated rings. The molecule has 82 valence electrons. The summed E-state index contributed by atoms with van der Waals surface area (Å²) in [6, 6.07) is 5.70. The summed E-state index contributed by atoms with van der Waals surface area (Å²) in [7, 11) is 0. The largest absolute Gasteiger partial charge is 0.462 e. The van der Waals surface area contributed by atoms with Crippen LogP contribution in [0, 0.1) is 0 Å². The van der Waals surface area contributed by atoms with Crippen molar-refractivity contribution in [2.24, 2.45) is 5.11 Å². The molecule has 0 aliphatic heterocycles. The van der Waals surface area contributed by atoms with Gasteiger partial charge < -0.3 is 4.74 Å². The first kappa shape index (κ1) is 11.7. The number of ether oxygens (including phenoxy) is 1. The van der Waals surface area contributed by atoms with E-state index in [1.54, 1.807) is 6.92 Å². The lowest BCUT2D eigenvalue weighted by Gasteiger charge is -2.01. The molecule has 0 unspecified atom stereocenters. The Balaban J connectivity index is 2.86. The van der Waals surface area contributed by atoms with Crippen LogP contribution in [0.25, 0.3) is 10.4 Å². The topological polar surface area (TPSA) is 92.1 Å². The second kappa shape index (κ2) is 5.53. The van der Waals surface area contributed by atoms with Crippen LogP contribution in [-0.2, 0) is 4.74 Å². The van der Waals surface area contributed by atoms with E-state index in [0.29, 0.717) is 5.56 Å². The van der Waals surface area contributed by atoms with Gasteiger partial charge in [0.15, 0.2) is 0 Å². The van der Waals surface area contributed by atoms with E-state index in [0.717, 1.165) is 0 Å². The van der Waals surface area contributed by atoms with Crippen molar-refractivity contribution in [1.82, 2.24) is 0 Å². The Kier molecular flexibility index (Phi) is 4.06. The highest BCUT2D eigenvalue weighted by atomic mass is 16.5. The number of azide groups is 1. The smallest absolute Gasteiger partial charge is 0.338 e. The summed E-state index contributed by atoms with van der Waals surface area (Å²) >= 11 is 0. The molecule has 0 N–H and O–H groups in total. The van der Waals surface area contributed by atoms with E-state index in [4.69, 9.17) is 10.3 Å². The highest BCUT2D eigenvalue weighted by molar-refractivity contribution is 5.96.